The average Bonchev–Trinajstić information content (AvgIpc) is 2.65. The molecule has 0 saturated heterocycles. The van der Waals surface area contributed by atoms with Crippen molar-refractivity contribution in [2.24, 2.45) is 5.11 Å². The summed E-state index contributed by atoms with van der Waals surface area (Å²) in [5.41, 5.74) is 10.9. The fourth-order valence-corrected chi connectivity index (χ4v) is 2.93. The Morgan fingerprint density at radius 2 is 1.76 bits per heavy atom. The minimum absolute atomic E-state index is 0.0376. The van der Waals surface area contributed by atoms with Crippen LogP contribution in [0.2, 0.25) is 0 Å². The highest BCUT2D eigenvalue weighted by atomic mass is 15.1. The minimum Gasteiger partial charge on any atom is -0.381 e. The molecule has 3 aromatic carbocycles. The van der Waals surface area contributed by atoms with Crippen molar-refractivity contribution in [1.82, 2.24) is 0 Å². The van der Waals surface area contributed by atoms with E-state index >= 15 is 0 Å². The maximum Gasteiger partial charge on any atom is 0.173 e. The van der Waals surface area contributed by atoms with Crippen LogP contribution in [-0.4, -0.2) is 19.9 Å². The van der Waals surface area contributed by atoms with Gasteiger partial charge in [-0.15, -0.1) is 5.11 Å². The lowest BCUT2D eigenvalue weighted by molar-refractivity contribution is 1.13. The number of rotatable bonds is 5. The Kier molecular flexibility index (Phi) is 4.75. The molecule has 3 aromatic rings. The summed E-state index contributed by atoms with van der Waals surface area (Å²) >= 11 is 0. The summed E-state index contributed by atoms with van der Waals surface area (Å²) in [7, 11) is 4.11. The van der Waals surface area contributed by atoms with Gasteiger partial charge in [-0.3, -0.25) is 5.41 Å². The van der Waals surface area contributed by atoms with Crippen molar-refractivity contribution in [1.29, 1.82) is 10.9 Å². The van der Waals surface area contributed by atoms with Crippen LogP contribution in [0, 0.1) is 10.9 Å². The smallest absolute Gasteiger partial charge is 0.173 e. The summed E-state index contributed by atoms with van der Waals surface area (Å²) in [5, 5.41) is 16.7. The van der Waals surface area contributed by atoms with E-state index in [-0.39, 0.29) is 5.84 Å². The van der Waals surface area contributed by atoms with Gasteiger partial charge in [0.25, 0.3) is 0 Å². The maximum absolute atomic E-state index is 7.66. The molecule has 126 valence electrons. The lowest BCUT2D eigenvalue weighted by Gasteiger charge is -2.18. The summed E-state index contributed by atoms with van der Waals surface area (Å²) < 4.78 is 0. The van der Waals surface area contributed by atoms with Gasteiger partial charge in [-0.25, -0.2) is 5.53 Å². The highest BCUT2D eigenvalue weighted by Crippen LogP contribution is 2.29. The van der Waals surface area contributed by atoms with Gasteiger partial charge in [-0.1, -0.05) is 42.5 Å². The van der Waals surface area contributed by atoms with Gasteiger partial charge in [0.15, 0.2) is 5.84 Å². The highest BCUT2D eigenvalue weighted by molar-refractivity contribution is 5.97. The van der Waals surface area contributed by atoms with E-state index in [0.29, 0.717) is 12.1 Å². The first-order valence-corrected chi connectivity index (χ1v) is 8.08. The molecule has 0 amide bonds. The fourth-order valence-electron chi connectivity index (χ4n) is 2.93. The molecule has 0 bridgehead atoms. The predicted octanol–water partition coefficient (Wildman–Crippen LogP) is 4.87. The number of anilines is 2. The molecule has 0 fully saturated rings. The molecule has 0 atom stereocenters. The Morgan fingerprint density at radius 1 is 1.00 bits per heavy atom. The van der Waals surface area contributed by atoms with Crippen LogP contribution in [0.3, 0.4) is 0 Å². The van der Waals surface area contributed by atoms with Gasteiger partial charge < -0.3 is 10.2 Å². The number of nitrogens with one attached hydrogen (secondary N) is 3. The number of fused-ring (bicyclic) bond motifs is 1. The second kappa shape index (κ2) is 7.13. The SMILES string of the molecule is CN(C)c1ccc(CNc2cccc(C(=N)N=N)c2)c2ccccc12. The molecule has 3 rings (SSSR count). The molecule has 0 radical (unpaired) electrons. The van der Waals surface area contributed by atoms with Crippen LogP contribution >= 0.6 is 0 Å². The van der Waals surface area contributed by atoms with Gasteiger partial charge in [0.1, 0.15) is 0 Å². The molecular weight excluding hydrogens is 310 g/mol. The van der Waals surface area contributed by atoms with E-state index < -0.39 is 0 Å². The topological polar surface area (TPSA) is 75.3 Å². The molecule has 0 spiro atoms. The summed E-state index contributed by atoms with van der Waals surface area (Å²) in [5.74, 6) is -0.0376. The van der Waals surface area contributed by atoms with E-state index in [0.717, 1.165) is 5.69 Å². The van der Waals surface area contributed by atoms with Crippen LogP contribution in [0.4, 0.5) is 11.4 Å². The second-order valence-corrected chi connectivity index (χ2v) is 6.08. The van der Waals surface area contributed by atoms with Crippen molar-refractivity contribution in [3.8, 4) is 0 Å². The molecule has 0 aliphatic carbocycles. The zero-order chi connectivity index (χ0) is 17.8. The predicted molar refractivity (Wildman–Crippen MR) is 104 cm³/mol. The van der Waals surface area contributed by atoms with Crippen LogP contribution < -0.4 is 10.2 Å². The van der Waals surface area contributed by atoms with Crippen molar-refractivity contribution >= 4 is 28.0 Å². The maximum atomic E-state index is 7.66. The van der Waals surface area contributed by atoms with Crippen LogP contribution in [0.25, 0.3) is 10.8 Å². The first kappa shape index (κ1) is 16.6. The van der Waals surface area contributed by atoms with Crippen molar-refractivity contribution < 1.29 is 0 Å². The molecule has 0 unspecified atom stereocenters. The van der Waals surface area contributed by atoms with Crippen molar-refractivity contribution in [2.45, 2.75) is 6.54 Å². The third-order valence-corrected chi connectivity index (χ3v) is 4.20. The molecule has 25 heavy (non-hydrogen) atoms. The van der Waals surface area contributed by atoms with Crippen LogP contribution in [0.1, 0.15) is 11.1 Å². The Labute approximate surface area is 147 Å². The number of benzene rings is 3. The highest BCUT2D eigenvalue weighted by Gasteiger charge is 2.07. The number of nitrogens with zero attached hydrogens (tertiary/aromatic N) is 2. The van der Waals surface area contributed by atoms with Crippen LogP contribution in [0.5, 0.6) is 0 Å². The largest absolute Gasteiger partial charge is 0.381 e. The Balaban J connectivity index is 1.88. The molecule has 0 saturated carbocycles. The summed E-state index contributed by atoms with van der Waals surface area (Å²) in [6, 6.07) is 20.1. The second-order valence-electron chi connectivity index (χ2n) is 6.08. The Bertz CT molecular complexity index is 930. The quantitative estimate of drug-likeness (QED) is 0.354. The molecular formula is C20H21N5. The van der Waals surface area contributed by atoms with Gasteiger partial charge in [-0.2, -0.15) is 0 Å². The van der Waals surface area contributed by atoms with E-state index in [2.05, 4.69) is 65.8 Å². The first-order valence-electron chi connectivity index (χ1n) is 8.08. The minimum atomic E-state index is -0.0376. The van der Waals surface area contributed by atoms with Crippen molar-refractivity contribution in [2.75, 3.05) is 24.3 Å². The number of amidine groups is 1. The molecule has 5 heteroatoms. The van der Waals surface area contributed by atoms with Gasteiger partial charge >= 0.3 is 0 Å². The van der Waals surface area contributed by atoms with Crippen molar-refractivity contribution in [3.05, 3.63) is 71.8 Å². The molecule has 0 aliphatic rings. The first-order chi connectivity index (χ1) is 12.1. The normalized spacial score (nSPS) is 10.5. The molecule has 0 heterocycles. The zero-order valence-electron chi connectivity index (χ0n) is 14.4. The van der Waals surface area contributed by atoms with Gasteiger partial charge in [0, 0.05) is 43.0 Å². The third-order valence-electron chi connectivity index (χ3n) is 4.20. The Morgan fingerprint density at radius 3 is 2.48 bits per heavy atom. The average molecular weight is 331 g/mol. The number of hydrogen-bond acceptors (Lipinski definition) is 4. The molecule has 5 nitrogen and oxygen atoms in total. The molecule has 0 aromatic heterocycles. The van der Waals surface area contributed by atoms with E-state index in [4.69, 9.17) is 10.9 Å². The Hall–Kier alpha value is -3.21. The summed E-state index contributed by atoms with van der Waals surface area (Å²) in [6.07, 6.45) is 0. The van der Waals surface area contributed by atoms with Gasteiger partial charge in [0.2, 0.25) is 0 Å². The van der Waals surface area contributed by atoms with Crippen molar-refractivity contribution in [3.63, 3.8) is 0 Å². The lowest BCUT2D eigenvalue weighted by Crippen LogP contribution is -2.10. The van der Waals surface area contributed by atoms with E-state index in [9.17, 15) is 0 Å². The van der Waals surface area contributed by atoms with E-state index in [1.807, 2.05) is 18.2 Å². The van der Waals surface area contributed by atoms with Crippen LogP contribution in [0.15, 0.2) is 65.8 Å². The lowest BCUT2D eigenvalue weighted by atomic mass is 10.0. The van der Waals surface area contributed by atoms with E-state index in [1.165, 1.54) is 22.0 Å². The summed E-state index contributed by atoms with van der Waals surface area (Å²) in [6.45, 7) is 0.684. The van der Waals surface area contributed by atoms with Crippen LogP contribution in [-0.2, 0) is 6.54 Å². The molecule has 3 N–H and O–H groups in total. The molecule has 0 aliphatic heterocycles. The summed E-state index contributed by atoms with van der Waals surface area (Å²) in [4.78, 5) is 2.12. The number of hydrogen-bond donors (Lipinski definition) is 3. The monoisotopic (exact) mass is 331 g/mol. The standard InChI is InChI=1S/C20H21N5/c1-25(2)19-11-10-15(17-8-3-4-9-18(17)19)13-23-16-7-5-6-14(12-16)20(21)24-22/h3-12,21-23H,13H2,1-2H3. The van der Waals surface area contributed by atoms with Gasteiger partial charge in [-0.05, 0) is 29.1 Å². The van der Waals surface area contributed by atoms with Gasteiger partial charge in [0.05, 0.1) is 0 Å². The van der Waals surface area contributed by atoms with E-state index in [1.54, 1.807) is 6.07 Å². The third kappa shape index (κ3) is 3.50. The fraction of sp³-hybridized carbons (Fsp3) is 0.150. The zero-order valence-corrected chi connectivity index (χ0v) is 14.4.